The Morgan fingerprint density at radius 3 is 2.92 bits per heavy atom. The number of likely N-dealkylation sites (tertiary alicyclic amines) is 1. The minimum absolute atomic E-state index is 0.477. The molecule has 1 aromatic carbocycles. The van der Waals surface area contributed by atoms with Crippen molar-refractivity contribution < 1.29 is 0 Å². The fourth-order valence-electron chi connectivity index (χ4n) is 3.90. The summed E-state index contributed by atoms with van der Waals surface area (Å²) in [4.78, 5) is 11.3. The van der Waals surface area contributed by atoms with Gasteiger partial charge in [0.25, 0.3) is 5.78 Å². The number of nitrogens with zero attached hydrogens (tertiary/aromatic N) is 5. The second-order valence-electron chi connectivity index (χ2n) is 7.30. The van der Waals surface area contributed by atoms with Crippen molar-refractivity contribution in [2.24, 2.45) is 0 Å². The minimum Gasteiger partial charge on any atom is -0.298 e. The monoisotopic (exact) mass is 335 g/mol. The molecule has 130 valence electrons. The molecule has 0 N–H and O–H groups in total. The molecule has 1 aliphatic rings. The molecule has 0 radical (unpaired) electrons. The van der Waals surface area contributed by atoms with E-state index in [1.165, 1.54) is 35.2 Å². The molecule has 3 aromatic rings. The lowest BCUT2D eigenvalue weighted by atomic mass is 9.93. The lowest BCUT2D eigenvalue weighted by Crippen LogP contribution is -2.35. The van der Waals surface area contributed by atoms with Crippen LogP contribution in [0.4, 0.5) is 0 Å². The third kappa shape index (κ3) is 3.29. The van der Waals surface area contributed by atoms with Gasteiger partial charge in [-0.15, -0.1) is 0 Å². The molecular weight excluding hydrogens is 310 g/mol. The van der Waals surface area contributed by atoms with Crippen molar-refractivity contribution in [2.45, 2.75) is 46.1 Å². The SMILES string of the molecule is Cc1ccc(C)c(CN2CCCC(c3cc(C)nc4ncnn34)C2)c1. The number of piperidine rings is 1. The van der Waals surface area contributed by atoms with Gasteiger partial charge in [0.05, 0.1) is 5.69 Å². The summed E-state index contributed by atoms with van der Waals surface area (Å²) in [6.45, 7) is 9.66. The smallest absolute Gasteiger partial charge is 0.252 e. The van der Waals surface area contributed by atoms with Crippen LogP contribution in [0.1, 0.15) is 46.8 Å². The van der Waals surface area contributed by atoms with Crippen LogP contribution in [-0.2, 0) is 6.54 Å². The first kappa shape index (κ1) is 16.2. The predicted octanol–water partition coefficient (Wildman–Crippen LogP) is 3.43. The number of benzene rings is 1. The van der Waals surface area contributed by atoms with Gasteiger partial charge >= 0.3 is 0 Å². The Balaban J connectivity index is 1.58. The maximum Gasteiger partial charge on any atom is 0.252 e. The fraction of sp³-hybridized carbons (Fsp3) is 0.450. The second kappa shape index (κ2) is 6.56. The van der Waals surface area contributed by atoms with Gasteiger partial charge in [-0.2, -0.15) is 10.1 Å². The van der Waals surface area contributed by atoms with E-state index in [0.717, 1.165) is 25.3 Å². The van der Waals surface area contributed by atoms with Gasteiger partial charge in [0.1, 0.15) is 6.33 Å². The highest BCUT2D eigenvalue weighted by molar-refractivity contribution is 5.32. The highest BCUT2D eigenvalue weighted by Crippen LogP contribution is 2.28. The first-order valence-corrected chi connectivity index (χ1v) is 9.06. The van der Waals surface area contributed by atoms with E-state index in [1.54, 1.807) is 6.33 Å². The maximum absolute atomic E-state index is 4.47. The topological polar surface area (TPSA) is 46.3 Å². The molecule has 1 atom stereocenters. The number of fused-ring (bicyclic) bond motifs is 1. The molecule has 0 saturated carbocycles. The Kier molecular flexibility index (Phi) is 4.25. The van der Waals surface area contributed by atoms with E-state index in [0.29, 0.717) is 11.7 Å². The van der Waals surface area contributed by atoms with Crippen molar-refractivity contribution >= 4 is 5.78 Å². The van der Waals surface area contributed by atoms with Crippen LogP contribution in [0.25, 0.3) is 5.78 Å². The van der Waals surface area contributed by atoms with Gasteiger partial charge in [0.2, 0.25) is 0 Å². The summed E-state index contributed by atoms with van der Waals surface area (Å²) in [6, 6.07) is 8.93. The van der Waals surface area contributed by atoms with Gasteiger partial charge < -0.3 is 0 Å². The Labute approximate surface area is 148 Å². The van der Waals surface area contributed by atoms with Gasteiger partial charge in [-0.25, -0.2) is 9.50 Å². The molecule has 1 aliphatic heterocycles. The minimum atomic E-state index is 0.477. The summed E-state index contributed by atoms with van der Waals surface area (Å²) in [7, 11) is 0. The molecule has 1 unspecified atom stereocenters. The van der Waals surface area contributed by atoms with Crippen LogP contribution in [0.5, 0.6) is 0 Å². The predicted molar refractivity (Wildman–Crippen MR) is 98.7 cm³/mol. The Bertz CT molecular complexity index is 898. The molecular formula is C20H25N5. The molecule has 0 aliphatic carbocycles. The van der Waals surface area contributed by atoms with Crippen LogP contribution in [0.15, 0.2) is 30.6 Å². The highest BCUT2D eigenvalue weighted by Gasteiger charge is 2.24. The zero-order chi connectivity index (χ0) is 17.4. The van der Waals surface area contributed by atoms with Crippen molar-refractivity contribution in [3.05, 3.63) is 58.7 Å². The molecule has 0 amide bonds. The largest absolute Gasteiger partial charge is 0.298 e. The van der Waals surface area contributed by atoms with Crippen LogP contribution in [0, 0.1) is 20.8 Å². The number of hydrogen-bond acceptors (Lipinski definition) is 4. The molecule has 1 fully saturated rings. The van der Waals surface area contributed by atoms with Gasteiger partial charge in [0, 0.05) is 24.7 Å². The first-order valence-electron chi connectivity index (χ1n) is 9.06. The van der Waals surface area contributed by atoms with Gasteiger partial charge in [-0.3, -0.25) is 4.90 Å². The molecule has 25 heavy (non-hydrogen) atoms. The third-order valence-electron chi connectivity index (χ3n) is 5.23. The molecule has 0 bridgehead atoms. The zero-order valence-corrected chi connectivity index (χ0v) is 15.2. The number of rotatable bonds is 3. The molecule has 3 heterocycles. The summed E-state index contributed by atoms with van der Waals surface area (Å²) in [5.41, 5.74) is 6.42. The number of hydrogen-bond donors (Lipinski definition) is 0. The van der Waals surface area contributed by atoms with Gasteiger partial charge in [0.15, 0.2) is 0 Å². The Morgan fingerprint density at radius 2 is 2.04 bits per heavy atom. The summed E-state index contributed by atoms with van der Waals surface area (Å²) < 4.78 is 1.92. The maximum atomic E-state index is 4.47. The Hall–Kier alpha value is -2.27. The van der Waals surface area contributed by atoms with Crippen molar-refractivity contribution in [3.63, 3.8) is 0 Å². The number of aryl methyl sites for hydroxylation is 3. The van der Waals surface area contributed by atoms with Gasteiger partial charge in [-0.1, -0.05) is 23.8 Å². The molecule has 1 saturated heterocycles. The molecule has 5 heteroatoms. The lowest BCUT2D eigenvalue weighted by molar-refractivity contribution is 0.197. The lowest BCUT2D eigenvalue weighted by Gasteiger charge is -2.33. The molecule has 5 nitrogen and oxygen atoms in total. The normalized spacial score (nSPS) is 18.8. The number of aromatic nitrogens is 4. The van der Waals surface area contributed by atoms with Crippen LogP contribution in [0.2, 0.25) is 0 Å². The highest BCUT2D eigenvalue weighted by atomic mass is 15.3. The zero-order valence-electron chi connectivity index (χ0n) is 15.2. The average molecular weight is 335 g/mol. The Morgan fingerprint density at radius 1 is 1.16 bits per heavy atom. The summed E-state index contributed by atoms with van der Waals surface area (Å²) in [5.74, 6) is 1.19. The van der Waals surface area contributed by atoms with E-state index in [-0.39, 0.29) is 0 Å². The summed E-state index contributed by atoms with van der Waals surface area (Å²) in [5, 5.41) is 4.39. The van der Waals surface area contributed by atoms with E-state index in [1.807, 2.05) is 11.4 Å². The van der Waals surface area contributed by atoms with E-state index >= 15 is 0 Å². The fourth-order valence-corrected chi connectivity index (χ4v) is 3.90. The van der Waals surface area contributed by atoms with Crippen LogP contribution in [-0.4, -0.2) is 37.6 Å². The van der Waals surface area contributed by atoms with E-state index in [9.17, 15) is 0 Å². The van der Waals surface area contributed by atoms with Crippen molar-refractivity contribution in [3.8, 4) is 0 Å². The molecule has 2 aromatic heterocycles. The van der Waals surface area contributed by atoms with E-state index < -0.39 is 0 Å². The molecule has 4 rings (SSSR count). The summed E-state index contributed by atoms with van der Waals surface area (Å²) >= 11 is 0. The quantitative estimate of drug-likeness (QED) is 0.736. The van der Waals surface area contributed by atoms with Crippen molar-refractivity contribution in [1.82, 2.24) is 24.5 Å². The third-order valence-corrected chi connectivity index (χ3v) is 5.23. The van der Waals surface area contributed by atoms with Crippen LogP contribution < -0.4 is 0 Å². The van der Waals surface area contributed by atoms with E-state index in [4.69, 9.17) is 0 Å². The van der Waals surface area contributed by atoms with Crippen LogP contribution >= 0.6 is 0 Å². The van der Waals surface area contributed by atoms with Crippen molar-refractivity contribution in [1.29, 1.82) is 0 Å². The second-order valence-corrected chi connectivity index (χ2v) is 7.30. The average Bonchev–Trinajstić information content (AvgIpc) is 3.06. The van der Waals surface area contributed by atoms with E-state index in [2.05, 4.69) is 58.1 Å². The standard InChI is InChI=1S/C20H25N5/c1-14-6-7-15(2)18(9-14)12-24-8-4-5-17(11-24)19-10-16(3)23-20-21-13-22-25(19)20/h6-7,9-10,13,17H,4-5,8,11-12H2,1-3H3. The van der Waals surface area contributed by atoms with Crippen molar-refractivity contribution in [2.75, 3.05) is 13.1 Å². The summed E-state index contributed by atoms with van der Waals surface area (Å²) in [6.07, 6.45) is 4.01. The molecule has 0 spiro atoms. The van der Waals surface area contributed by atoms with Crippen LogP contribution in [0.3, 0.4) is 0 Å². The first-order chi connectivity index (χ1) is 12.1. The van der Waals surface area contributed by atoms with Gasteiger partial charge in [-0.05, 0) is 57.4 Å².